The molecule has 2 heterocycles. The van der Waals surface area contributed by atoms with Gasteiger partial charge in [0.1, 0.15) is 10.0 Å². The maximum atomic E-state index is 13.4. The monoisotopic (exact) mass is 534 g/mol. The van der Waals surface area contributed by atoms with Crippen LogP contribution in [0.1, 0.15) is 44.6 Å². The quantitative estimate of drug-likeness (QED) is 0.150. The Morgan fingerprint density at radius 2 is 1.95 bits per heavy atom. The molecule has 10 heteroatoms. The summed E-state index contributed by atoms with van der Waals surface area (Å²) < 4.78 is 7.74. The molecule has 0 N–H and O–H groups in total. The number of thiocarbonyl (C=S) groups is 1. The van der Waals surface area contributed by atoms with E-state index in [2.05, 4.69) is 0 Å². The summed E-state index contributed by atoms with van der Waals surface area (Å²) in [5.74, 6) is 0.117. The molecule has 37 heavy (non-hydrogen) atoms. The Hall–Kier alpha value is -3.50. The van der Waals surface area contributed by atoms with Crippen molar-refractivity contribution in [3.8, 4) is 22.7 Å². The van der Waals surface area contributed by atoms with Crippen molar-refractivity contribution >= 4 is 46.0 Å². The molecule has 1 aromatic heterocycles. The van der Waals surface area contributed by atoms with E-state index in [4.69, 9.17) is 22.1 Å². The third-order valence-corrected chi connectivity index (χ3v) is 7.87. The molecule has 0 unspecified atom stereocenters. The van der Waals surface area contributed by atoms with Crippen molar-refractivity contribution in [1.29, 1.82) is 0 Å². The van der Waals surface area contributed by atoms with Gasteiger partial charge in [0.25, 0.3) is 5.91 Å². The van der Waals surface area contributed by atoms with Crippen molar-refractivity contribution in [3.63, 3.8) is 0 Å². The molecule has 0 bridgehead atoms. The number of carbonyl (C=O) groups excluding carboxylic acids is 1. The van der Waals surface area contributed by atoms with Gasteiger partial charge in [-0.2, -0.15) is 5.10 Å². The maximum Gasteiger partial charge on any atom is 0.311 e. The minimum atomic E-state index is -0.461. The number of ether oxygens (including phenoxy) is 1. The van der Waals surface area contributed by atoms with E-state index in [-0.39, 0.29) is 23.4 Å². The van der Waals surface area contributed by atoms with Crippen LogP contribution in [0.3, 0.4) is 0 Å². The summed E-state index contributed by atoms with van der Waals surface area (Å²) in [6, 6.07) is 14.5. The lowest BCUT2D eigenvalue weighted by Gasteiger charge is -2.29. The van der Waals surface area contributed by atoms with E-state index < -0.39 is 4.92 Å². The fraction of sp³-hybridized carbons (Fsp3) is 0.296. The van der Waals surface area contributed by atoms with Crippen molar-refractivity contribution in [1.82, 2.24) is 14.7 Å². The Balaban J connectivity index is 1.58. The molecule has 1 aliphatic carbocycles. The van der Waals surface area contributed by atoms with Gasteiger partial charge in [0.15, 0.2) is 5.75 Å². The van der Waals surface area contributed by atoms with Gasteiger partial charge < -0.3 is 4.74 Å². The van der Waals surface area contributed by atoms with Gasteiger partial charge in [0.05, 0.1) is 22.1 Å². The number of nitrogens with zero attached hydrogens (tertiary/aromatic N) is 4. The molecular weight excluding hydrogens is 508 g/mol. The second kappa shape index (κ2) is 10.9. The highest BCUT2D eigenvalue weighted by molar-refractivity contribution is 8.26. The lowest BCUT2D eigenvalue weighted by Crippen LogP contribution is -2.39. The molecule has 2 aromatic carbocycles. The minimum Gasteiger partial charge on any atom is -0.487 e. The number of aromatic nitrogens is 2. The Bertz CT molecular complexity index is 1380. The molecule has 1 saturated carbocycles. The lowest BCUT2D eigenvalue weighted by molar-refractivity contribution is -0.385. The maximum absolute atomic E-state index is 13.4. The summed E-state index contributed by atoms with van der Waals surface area (Å²) in [5, 5.41) is 16.5. The van der Waals surface area contributed by atoms with Gasteiger partial charge in [-0.25, -0.2) is 4.68 Å². The average molecular weight is 535 g/mol. The van der Waals surface area contributed by atoms with Gasteiger partial charge in [0.2, 0.25) is 0 Å². The Kier molecular flexibility index (Phi) is 7.38. The zero-order chi connectivity index (χ0) is 25.9. The summed E-state index contributed by atoms with van der Waals surface area (Å²) >= 11 is 6.90. The van der Waals surface area contributed by atoms with Crippen LogP contribution in [0, 0.1) is 10.1 Å². The first-order chi connectivity index (χ1) is 18.0. The fourth-order valence-electron chi connectivity index (χ4n) is 4.79. The summed E-state index contributed by atoms with van der Waals surface area (Å²) in [5.41, 5.74) is 2.45. The molecular formula is C27H26N4O4S2. The molecule has 5 rings (SSSR count). The largest absolute Gasteiger partial charge is 0.487 e. The Labute approximate surface area is 224 Å². The second-order valence-electron chi connectivity index (χ2n) is 8.93. The van der Waals surface area contributed by atoms with Crippen LogP contribution in [0.5, 0.6) is 5.75 Å². The lowest BCUT2D eigenvalue weighted by atomic mass is 9.94. The Morgan fingerprint density at radius 3 is 2.65 bits per heavy atom. The number of nitro benzene ring substituents is 1. The van der Waals surface area contributed by atoms with Crippen LogP contribution in [0.15, 0.2) is 59.6 Å². The third kappa shape index (κ3) is 5.17. The molecule has 8 nitrogen and oxygen atoms in total. The van der Waals surface area contributed by atoms with E-state index >= 15 is 0 Å². The van der Waals surface area contributed by atoms with Gasteiger partial charge in [-0.15, -0.1) is 0 Å². The van der Waals surface area contributed by atoms with Gasteiger partial charge in [0, 0.05) is 29.4 Å². The SMILES string of the molecule is CCOc1ccc(-c2nn(-c3ccccc3)cc2/C=C2\SC(=S)N(C3CCCCC3)C2=O)cc1[N+](=O)[O-]. The summed E-state index contributed by atoms with van der Waals surface area (Å²) in [7, 11) is 0. The van der Waals surface area contributed by atoms with Gasteiger partial charge >= 0.3 is 5.69 Å². The summed E-state index contributed by atoms with van der Waals surface area (Å²) in [6.45, 7) is 2.09. The van der Waals surface area contributed by atoms with Crippen LogP contribution in [0.4, 0.5) is 5.69 Å². The molecule has 1 amide bonds. The predicted octanol–water partition coefficient (Wildman–Crippen LogP) is 6.38. The first-order valence-electron chi connectivity index (χ1n) is 12.3. The van der Waals surface area contributed by atoms with Crippen molar-refractivity contribution in [3.05, 3.63) is 75.3 Å². The summed E-state index contributed by atoms with van der Waals surface area (Å²) in [6.07, 6.45) is 8.96. The van der Waals surface area contributed by atoms with Crippen LogP contribution in [-0.4, -0.2) is 42.5 Å². The molecule has 1 saturated heterocycles. The van der Waals surface area contributed by atoms with E-state index in [0.29, 0.717) is 32.7 Å². The van der Waals surface area contributed by atoms with Crippen LogP contribution >= 0.6 is 24.0 Å². The predicted molar refractivity (Wildman–Crippen MR) is 149 cm³/mol. The zero-order valence-corrected chi connectivity index (χ0v) is 22.0. The average Bonchev–Trinajstić information content (AvgIpc) is 3.45. The van der Waals surface area contributed by atoms with Crippen molar-refractivity contribution in [2.75, 3.05) is 6.61 Å². The normalized spacial score (nSPS) is 17.5. The van der Waals surface area contributed by atoms with Crippen molar-refractivity contribution in [2.45, 2.75) is 45.1 Å². The molecule has 1 aliphatic heterocycles. The van der Waals surface area contributed by atoms with E-state index in [1.807, 2.05) is 36.5 Å². The molecule has 0 spiro atoms. The number of benzene rings is 2. The van der Waals surface area contributed by atoms with Crippen LogP contribution in [0.2, 0.25) is 0 Å². The number of hydrogen-bond acceptors (Lipinski definition) is 7. The fourth-order valence-corrected chi connectivity index (χ4v) is 6.18. The van der Waals surface area contributed by atoms with Gasteiger partial charge in [-0.05, 0) is 50.1 Å². The summed E-state index contributed by atoms with van der Waals surface area (Å²) in [4.78, 5) is 27.0. The van der Waals surface area contributed by atoms with Crippen LogP contribution < -0.4 is 4.74 Å². The first kappa shape index (κ1) is 25.2. The minimum absolute atomic E-state index is 0.0852. The second-order valence-corrected chi connectivity index (χ2v) is 10.6. The molecule has 2 aliphatic rings. The van der Waals surface area contributed by atoms with Crippen LogP contribution in [0.25, 0.3) is 23.0 Å². The highest BCUT2D eigenvalue weighted by Crippen LogP contribution is 2.39. The number of hydrogen-bond donors (Lipinski definition) is 0. The van der Waals surface area contributed by atoms with Gasteiger partial charge in [-0.1, -0.05) is 61.4 Å². The highest BCUT2D eigenvalue weighted by atomic mass is 32.2. The van der Waals surface area contributed by atoms with Crippen molar-refractivity contribution in [2.24, 2.45) is 0 Å². The number of amides is 1. The highest BCUT2D eigenvalue weighted by Gasteiger charge is 2.37. The number of rotatable bonds is 7. The van der Waals surface area contributed by atoms with Crippen molar-refractivity contribution < 1.29 is 14.5 Å². The zero-order valence-electron chi connectivity index (χ0n) is 20.3. The smallest absolute Gasteiger partial charge is 0.311 e. The van der Waals surface area contributed by atoms with E-state index in [1.165, 1.54) is 24.2 Å². The molecule has 0 atom stereocenters. The number of nitro groups is 1. The van der Waals surface area contributed by atoms with E-state index in [0.717, 1.165) is 31.4 Å². The van der Waals surface area contributed by atoms with E-state index in [1.54, 1.807) is 34.7 Å². The number of thioether (sulfide) groups is 1. The number of carbonyl (C=O) groups is 1. The number of para-hydroxylation sites is 1. The standard InChI is InChI=1S/C27H26N4O4S2/c1-2-35-23-14-13-18(15-22(23)31(33)34)25-19(17-29(28-25)20-9-5-3-6-10-20)16-24-26(32)30(27(36)37-24)21-11-7-4-8-12-21/h3,5-6,9-10,13-17,21H,2,4,7-8,11-12H2,1H3/b24-16-. The first-order valence-corrected chi connectivity index (χ1v) is 13.5. The molecule has 3 aromatic rings. The third-order valence-electron chi connectivity index (χ3n) is 6.54. The van der Waals surface area contributed by atoms with E-state index in [9.17, 15) is 14.9 Å². The topological polar surface area (TPSA) is 90.5 Å². The van der Waals surface area contributed by atoms with Gasteiger partial charge in [-0.3, -0.25) is 19.8 Å². The van der Waals surface area contributed by atoms with Crippen LogP contribution in [-0.2, 0) is 4.79 Å². The molecule has 2 fully saturated rings. The molecule has 190 valence electrons. The molecule has 0 radical (unpaired) electrons. The Morgan fingerprint density at radius 1 is 1.19 bits per heavy atom.